The average Bonchev–Trinajstić information content (AvgIpc) is 2.96. The molecule has 0 fully saturated rings. The first-order chi connectivity index (χ1) is 13.5. The first-order valence-corrected chi connectivity index (χ1v) is 8.91. The summed E-state index contributed by atoms with van der Waals surface area (Å²) >= 11 is 5.89. The molecule has 2 N–H and O–H groups in total. The maximum Gasteiger partial charge on any atom is 0.280 e. The minimum atomic E-state index is -0.442. The van der Waals surface area contributed by atoms with E-state index in [0.717, 1.165) is 5.56 Å². The monoisotopic (exact) mass is 398 g/mol. The molecule has 2 aromatic carbocycles. The van der Waals surface area contributed by atoms with Gasteiger partial charge < -0.3 is 4.74 Å². The third-order valence-electron chi connectivity index (χ3n) is 4.01. The lowest BCUT2D eigenvalue weighted by molar-refractivity contribution is -0.123. The van der Waals surface area contributed by atoms with Gasteiger partial charge in [-0.3, -0.25) is 14.7 Å². The molecule has 3 rings (SSSR count). The van der Waals surface area contributed by atoms with Crippen molar-refractivity contribution in [3.8, 4) is 11.4 Å². The van der Waals surface area contributed by atoms with Crippen molar-refractivity contribution < 1.29 is 9.53 Å². The number of carbonyl (C=O) groups excluding carboxylic acids is 1. The first-order valence-electron chi connectivity index (χ1n) is 8.53. The van der Waals surface area contributed by atoms with Crippen LogP contribution in [-0.4, -0.2) is 28.5 Å². The number of amides is 1. The molecule has 8 heteroatoms. The van der Waals surface area contributed by atoms with Gasteiger partial charge in [0, 0.05) is 10.7 Å². The zero-order chi connectivity index (χ0) is 20.1. The fourth-order valence-corrected chi connectivity index (χ4v) is 2.82. The quantitative estimate of drug-likeness (QED) is 0.494. The molecule has 0 aliphatic rings. The van der Waals surface area contributed by atoms with Crippen molar-refractivity contribution in [2.45, 2.75) is 13.8 Å². The summed E-state index contributed by atoms with van der Waals surface area (Å²) in [6.45, 7) is 3.39. The number of benzene rings is 2. The predicted molar refractivity (Wildman–Crippen MR) is 109 cm³/mol. The third kappa shape index (κ3) is 4.50. The Morgan fingerprint density at radius 1 is 1.25 bits per heavy atom. The average molecular weight is 399 g/mol. The number of aromatic amines is 1. The predicted octanol–water partition coefficient (Wildman–Crippen LogP) is 2.96. The number of nitrogens with one attached hydrogen (secondary N) is 2. The van der Waals surface area contributed by atoms with Crippen molar-refractivity contribution in [2.75, 3.05) is 6.61 Å². The van der Waals surface area contributed by atoms with Gasteiger partial charge in [0.15, 0.2) is 6.61 Å². The van der Waals surface area contributed by atoms with E-state index in [1.807, 2.05) is 37.3 Å². The van der Waals surface area contributed by atoms with E-state index in [-0.39, 0.29) is 12.2 Å². The minimum absolute atomic E-state index is 0.208. The second kappa shape index (κ2) is 8.58. The Balaban J connectivity index is 1.62. The number of carbonyl (C=O) groups is 1. The van der Waals surface area contributed by atoms with Gasteiger partial charge in [-0.15, -0.1) is 0 Å². The van der Waals surface area contributed by atoms with Crippen LogP contribution in [0.1, 0.15) is 16.8 Å². The van der Waals surface area contributed by atoms with E-state index in [9.17, 15) is 9.59 Å². The second-order valence-corrected chi connectivity index (χ2v) is 6.55. The van der Waals surface area contributed by atoms with Gasteiger partial charge in [-0.2, -0.15) is 5.10 Å². The summed E-state index contributed by atoms with van der Waals surface area (Å²) in [6.07, 6.45) is 1.32. The lowest BCUT2D eigenvalue weighted by Gasteiger charge is -2.08. The highest BCUT2D eigenvalue weighted by Crippen LogP contribution is 2.21. The van der Waals surface area contributed by atoms with Crippen molar-refractivity contribution in [2.24, 2.45) is 5.10 Å². The number of rotatable bonds is 6. The van der Waals surface area contributed by atoms with Gasteiger partial charge in [0.2, 0.25) is 0 Å². The summed E-state index contributed by atoms with van der Waals surface area (Å²) in [7, 11) is 0. The Hall–Kier alpha value is -3.32. The summed E-state index contributed by atoms with van der Waals surface area (Å²) in [4.78, 5) is 24.4. The van der Waals surface area contributed by atoms with Crippen LogP contribution < -0.4 is 15.7 Å². The second-order valence-electron chi connectivity index (χ2n) is 6.12. The van der Waals surface area contributed by atoms with E-state index in [1.165, 1.54) is 10.9 Å². The van der Waals surface area contributed by atoms with Gasteiger partial charge in [-0.05, 0) is 49.7 Å². The van der Waals surface area contributed by atoms with Crippen LogP contribution in [0.4, 0.5) is 0 Å². The minimum Gasteiger partial charge on any atom is -0.483 e. The molecule has 0 unspecified atom stereocenters. The summed E-state index contributed by atoms with van der Waals surface area (Å²) in [5, 5.41) is 7.45. The van der Waals surface area contributed by atoms with E-state index in [4.69, 9.17) is 16.3 Å². The van der Waals surface area contributed by atoms with Crippen LogP contribution in [-0.2, 0) is 4.79 Å². The van der Waals surface area contributed by atoms with Crippen LogP contribution in [0.3, 0.4) is 0 Å². The van der Waals surface area contributed by atoms with Crippen LogP contribution in [0.2, 0.25) is 5.02 Å². The Bertz CT molecular complexity index is 1070. The maximum atomic E-state index is 12.5. The van der Waals surface area contributed by atoms with Gasteiger partial charge >= 0.3 is 0 Å². The van der Waals surface area contributed by atoms with Crippen molar-refractivity contribution in [3.05, 3.63) is 80.7 Å². The lowest BCUT2D eigenvalue weighted by Crippen LogP contribution is -2.25. The number of para-hydroxylation sites is 1. The first kappa shape index (κ1) is 19.4. The summed E-state index contributed by atoms with van der Waals surface area (Å²) in [5.74, 6) is 0.123. The molecule has 0 spiro atoms. The topological polar surface area (TPSA) is 88.5 Å². The Kier molecular flexibility index (Phi) is 5.96. The number of hydrogen-bond donors (Lipinski definition) is 2. The van der Waals surface area contributed by atoms with Gasteiger partial charge in [-0.25, -0.2) is 10.1 Å². The SMILES string of the molecule is Cc1cc(Cl)ccc1OCC(=O)NN=Cc1c(C)[nH]n(-c2ccccc2)c1=O. The molecule has 1 heterocycles. The number of hydrazone groups is 1. The molecule has 0 atom stereocenters. The highest BCUT2D eigenvalue weighted by atomic mass is 35.5. The molecule has 28 heavy (non-hydrogen) atoms. The summed E-state index contributed by atoms with van der Waals surface area (Å²) < 4.78 is 6.87. The van der Waals surface area contributed by atoms with Crippen molar-refractivity contribution in [1.29, 1.82) is 0 Å². The molecule has 0 aliphatic heterocycles. The van der Waals surface area contributed by atoms with Crippen molar-refractivity contribution >= 4 is 23.7 Å². The molecule has 1 aromatic heterocycles. The van der Waals surface area contributed by atoms with E-state index in [1.54, 1.807) is 25.1 Å². The number of nitrogens with zero attached hydrogens (tertiary/aromatic N) is 2. The lowest BCUT2D eigenvalue weighted by atomic mass is 10.2. The molecule has 0 bridgehead atoms. The number of ether oxygens (including phenoxy) is 1. The smallest absolute Gasteiger partial charge is 0.280 e. The largest absolute Gasteiger partial charge is 0.483 e. The van der Waals surface area contributed by atoms with Crippen LogP contribution in [0.25, 0.3) is 5.69 Å². The highest BCUT2D eigenvalue weighted by molar-refractivity contribution is 6.30. The van der Waals surface area contributed by atoms with E-state index < -0.39 is 5.91 Å². The Morgan fingerprint density at radius 2 is 2.00 bits per heavy atom. The Labute approximate surface area is 166 Å². The van der Waals surface area contributed by atoms with Gasteiger partial charge in [0.05, 0.1) is 17.5 Å². The molecule has 1 amide bonds. The van der Waals surface area contributed by atoms with E-state index in [0.29, 0.717) is 27.7 Å². The summed E-state index contributed by atoms with van der Waals surface area (Å²) in [6, 6.07) is 14.3. The molecule has 0 radical (unpaired) electrons. The Morgan fingerprint density at radius 3 is 2.71 bits per heavy atom. The van der Waals surface area contributed by atoms with Gasteiger partial charge in [0.1, 0.15) is 5.75 Å². The van der Waals surface area contributed by atoms with Crippen molar-refractivity contribution in [1.82, 2.24) is 15.2 Å². The molecule has 0 saturated heterocycles. The van der Waals surface area contributed by atoms with Gasteiger partial charge in [0.25, 0.3) is 11.5 Å². The number of halogens is 1. The molecule has 3 aromatic rings. The fraction of sp³-hybridized carbons (Fsp3) is 0.150. The van der Waals surface area contributed by atoms with Gasteiger partial charge in [-0.1, -0.05) is 29.8 Å². The van der Waals surface area contributed by atoms with Crippen LogP contribution in [0.5, 0.6) is 5.75 Å². The normalized spacial score (nSPS) is 11.0. The molecular formula is C20H19ClN4O3. The zero-order valence-corrected chi connectivity index (χ0v) is 16.2. The highest BCUT2D eigenvalue weighted by Gasteiger charge is 2.10. The van der Waals surface area contributed by atoms with E-state index in [2.05, 4.69) is 15.6 Å². The number of H-pyrrole nitrogens is 1. The number of aryl methyl sites for hydroxylation is 2. The van der Waals surface area contributed by atoms with E-state index >= 15 is 0 Å². The number of aromatic nitrogens is 2. The fourth-order valence-electron chi connectivity index (χ4n) is 2.59. The van der Waals surface area contributed by atoms with Crippen LogP contribution >= 0.6 is 11.6 Å². The van der Waals surface area contributed by atoms with Crippen LogP contribution in [0, 0.1) is 13.8 Å². The summed E-state index contributed by atoms with van der Waals surface area (Å²) in [5.41, 5.74) is 4.64. The molecule has 144 valence electrons. The molecular weight excluding hydrogens is 380 g/mol. The standard InChI is InChI=1S/C20H19ClN4O3/c1-13-10-15(21)8-9-18(13)28-12-19(26)23-22-11-17-14(2)24-25(20(17)27)16-6-4-3-5-7-16/h3-11,24H,12H2,1-2H3,(H,23,26). The van der Waals surface area contributed by atoms with Crippen LogP contribution in [0.15, 0.2) is 58.4 Å². The molecule has 0 aliphatic carbocycles. The van der Waals surface area contributed by atoms with Crippen molar-refractivity contribution in [3.63, 3.8) is 0 Å². The third-order valence-corrected chi connectivity index (χ3v) is 4.25. The number of hydrogen-bond acceptors (Lipinski definition) is 4. The maximum absolute atomic E-state index is 12.5. The zero-order valence-electron chi connectivity index (χ0n) is 15.4. The molecule has 0 saturated carbocycles. The molecule has 7 nitrogen and oxygen atoms in total.